The standard InChI is InChI=1S/C28H32N4O.C2H6O/c1-19-13-23(9-12-30-19)32-27-15-20-5-4-6-22-16-25(33)8-10-28(22,26(20)14-21(27)18-29)17-24-7-2-3-11-31-24;1-3-2/h2-3,7,9,11-15,18,22,25,29,33H,4-6,8,10,16-17H2,1H3,(H,30,32);1-2H3. The van der Waals surface area contributed by atoms with Gasteiger partial charge in [0, 0.05) is 66.6 Å². The maximum absolute atomic E-state index is 10.5. The van der Waals surface area contributed by atoms with E-state index in [1.54, 1.807) is 14.2 Å². The summed E-state index contributed by atoms with van der Waals surface area (Å²) in [5, 5.41) is 22.2. The lowest BCUT2D eigenvalue weighted by Crippen LogP contribution is -2.44. The van der Waals surface area contributed by atoms with Crippen molar-refractivity contribution in [3.05, 3.63) is 82.9 Å². The topological polar surface area (TPSA) is 91.1 Å². The van der Waals surface area contributed by atoms with Crippen LogP contribution in [0.4, 0.5) is 11.4 Å². The molecule has 0 saturated heterocycles. The Morgan fingerprint density at radius 3 is 2.69 bits per heavy atom. The molecular formula is C30H38N4O2. The van der Waals surface area contributed by atoms with E-state index >= 15 is 0 Å². The molecule has 1 fully saturated rings. The fraction of sp³-hybridized carbons (Fsp3) is 0.433. The van der Waals surface area contributed by atoms with Gasteiger partial charge in [0.15, 0.2) is 0 Å². The van der Waals surface area contributed by atoms with Crippen LogP contribution in [0, 0.1) is 18.3 Å². The van der Waals surface area contributed by atoms with Crippen LogP contribution in [0.2, 0.25) is 0 Å². The Balaban J connectivity index is 0.000000967. The highest BCUT2D eigenvalue weighted by molar-refractivity contribution is 5.88. The number of aromatic nitrogens is 2. The molecule has 2 heterocycles. The van der Waals surface area contributed by atoms with Crippen LogP contribution in [0.25, 0.3) is 0 Å². The SMILES string of the molecule is COC.Cc1cc(Nc2cc3c(cc2C=N)C2(Cc4ccccn4)CCC(O)CC2CCC3)ccn1. The van der Waals surface area contributed by atoms with E-state index in [4.69, 9.17) is 5.41 Å². The number of aliphatic hydroxyl groups excluding tert-OH is 1. The number of rotatable bonds is 5. The minimum absolute atomic E-state index is 0.0526. The number of hydrogen-bond donors (Lipinski definition) is 3. The number of benzene rings is 1. The number of ether oxygens (including phenoxy) is 1. The van der Waals surface area contributed by atoms with Crippen molar-refractivity contribution in [3.63, 3.8) is 0 Å². The zero-order valence-electron chi connectivity index (χ0n) is 21.6. The summed E-state index contributed by atoms with van der Waals surface area (Å²) in [4.78, 5) is 8.98. The highest BCUT2D eigenvalue weighted by atomic mass is 16.4. The van der Waals surface area contributed by atoms with Crippen LogP contribution < -0.4 is 5.32 Å². The van der Waals surface area contributed by atoms with Gasteiger partial charge < -0.3 is 20.6 Å². The second-order valence-corrected chi connectivity index (χ2v) is 10.1. The lowest BCUT2D eigenvalue weighted by molar-refractivity contribution is 0.0464. The van der Waals surface area contributed by atoms with E-state index in [1.807, 2.05) is 37.5 Å². The molecule has 0 spiro atoms. The molecule has 5 rings (SSSR count). The smallest absolute Gasteiger partial charge is 0.0543 e. The molecule has 36 heavy (non-hydrogen) atoms. The Hall–Kier alpha value is -3.09. The van der Waals surface area contributed by atoms with Crippen LogP contribution in [0.1, 0.15) is 60.2 Å². The minimum Gasteiger partial charge on any atom is -0.393 e. The molecule has 3 aromatic rings. The number of fused-ring (bicyclic) bond motifs is 3. The summed E-state index contributed by atoms with van der Waals surface area (Å²) >= 11 is 0. The molecule has 6 nitrogen and oxygen atoms in total. The van der Waals surface area contributed by atoms with Crippen LogP contribution in [-0.4, -0.2) is 41.6 Å². The molecule has 2 aliphatic rings. The average molecular weight is 487 g/mol. The van der Waals surface area contributed by atoms with E-state index < -0.39 is 0 Å². The lowest BCUT2D eigenvalue weighted by Gasteiger charge is -2.46. The quantitative estimate of drug-likeness (QED) is 0.399. The summed E-state index contributed by atoms with van der Waals surface area (Å²) in [5.74, 6) is 0.421. The van der Waals surface area contributed by atoms with Crippen molar-refractivity contribution in [2.24, 2.45) is 5.92 Å². The summed E-state index contributed by atoms with van der Waals surface area (Å²) in [5.41, 5.74) is 7.60. The number of hydrogen-bond acceptors (Lipinski definition) is 6. The molecular weight excluding hydrogens is 448 g/mol. The van der Waals surface area contributed by atoms with Crippen molar-refractivity contribution in [2.75, 3.05) is 19.5 Å². The average Bonchev–Trinajstić information content (AvgIpc) is 3.01. The maximum atomic E-state index is 10.5. The number of methoxy groups -OCH3 is 1. The summed E-state index contributed by atoms with van der Waals surface area (Å²) in [6.07, 6.45) is 11.7. The van der Waals surface area contributed by atoms with Crippen molar-refractivity contribution in [3.8, 4) is 0 Å². The molecule has 3 unspecified atom stereocenters. The van der Waals surface area contributed by atoms with Gasteiger partial charge in [-0.25, -0.2) is 0 Å². The van der Waals surface area contributed by atoms with Crippen LogP contribution in [0.15, 0.2) is 54.9 Å². The van der Waals surface area contributed by atoms with Gasteiger partial charge in [0.05, 0.1) is 6.10 Å². The van der Waals surface area contributed by atoms with E-state index in [1.165, 1.54) is 17.3 Å². The first-order chi connectivity index (χ1) is 17.5. The fourth-order valence-corrected chi connectivity index (χ4v) is 6.08. The van der Waals surface area contributed by atoms with E-state index in [0.29, 0.717) is 5.92 Å². The maximum Gasteiger partial charge on any atom is 0.0543 e. The van der Waals surface area contributed by atoms with Crippen LogP contribution >= 0.6 is 0 Å². The first kappa shape index (κ1) is 26.0. The molecule has 2 aliphatic carbocycles. The van der Waals surface area contributed by atoms with Crippen molar-refractivity contribution in [1.29, 1.82) is 5.41 Å². The third-order valence-electron chi connectivity index (χ3n) is 7.63. The molecule has 0 radical (unpaired) electrons. The molecule has 1 aromatic carbocycles. The van der Waals surface area contributed by atoms with Gasteiger partial charge >= 0.3 is 0 Å². The molecule has 1 saturated carbocycles. The fourth-order valence-electron chi connectivity index (χ4n) is 6.08. The summed E-state index contributed by atoms with van der Waals surface area (Å²) in [6.45, 7) is 1.98. The van der Waals surface area contributed by atoms with Crippen LogP contribution in [-0.2, 0) is 23.0 Å². The highest BCUT2D eigenvalue weighted by Gasteiger charge is 2.46. The van der Waals surface area contributed by atoms with E-state index in [0.717, 1.165) is 73.3 Å². The van der Waals surface area contributed by atoms with Crippen LogP contribution in [0.3, 0.4) is 0 Å². The molecule has 0 aliphatic heterocycles. The van der Waals surface area contributed by atoms with Gasteiger partial charge in [-0.15, -0.1) is 0 Å². The molecule has 0 bridgehead atoms. The van der Waals surface area contributed by atoms with Crippen molar-refractivity contribution in [2.45, 2.75) is 63.4 Å². The molecule has 3 N–H and O–H groups in total. The molecule has 190 valence electrons. The van der Waals surface area contributed by atoms with Gasteiger partial charge in [0.2, 0.25) is 0 Å². The largest absolute Gasteiger partial charge is 0.393 e. The first-order valence-corrected chi connectivity index (χ1v) is 12.8. The Morgan fingerprint density at radius 1 is 1.14 bits per heavy atom. The number of nitrogens with zero attached hydrogens (tertiary/aromatic N) is 2. The van der Waals surface area contributed by atoms with Gasteiger partial charge in [0.1, 0.15) is 0 Å². The number of nitrogens with one attached hydrogen (secondary N) is 2. The lowest BCUT2D eigenvalue weighted by atomic mass is 9.58. The highest BCUT2D eigenvalue weighted by Crippen LogP contribution is 2.51. The number of aliphatic hydroxyl groups is 1. The second-order valence-electron chi connectivity index (χ2n) is 10.1. The van der Waals surface area contributed by atoms with E-state index in [2.05, 4.69) is 44.3 Å². The predicted molar refractivity (Wildman–Crippen MR) is 145 cm³/mol. The Kier molecular flexibility index (Phi) is 8.49. The Bertz CT molecular complexity index is 1170. The number of anilines is 2. The van der Waals surface area contributed by atoms with Crippen molar-refractivity contribution < 1.29 is 9.84 Å². The van der Waals surface area contributed by atoms with E-state index in [9.17, 15) is 5.11 Å². The van der Waals surface area contributed by atoms with Gasteiger partial charge in [-0.1, -0.05) is 6.07 Å². The van der Waals surface area contributed by atoms with Gasteiger partial charge in [-0.05, 0) is 105 Å². The molecule has 0 amide bonds. The zero-order chi connectivity index (χ0) is 25.5. The Morgan fingerprint density at radius 2 is 1.97 bits per heavy atom. The number of pyridine rings is 2. The van der Waals surface area contributed by atoms with Crippen molar-refractivity contribution in [1.82, 2.24) is 9.97 Å². The predicted octanol–water partition coefficient (Wildman–Crippen LogP) is 5.77. The first-order valence-electron chi connectivity index (χ1n) is 12.8. The third kappa shape index (κ3) is 5.66. The molecule has 3 atom stereocenters. The minimum atomic E-state index is -0.216. The van der Waals surface area contributed by atoms with Gasteiger partial charge in [-0.2, -0.15) is 0 Å². The summed E-state index contributed by atoms with van der Waals surface area (Å²) in [6, 6.07) is 14.7. The van der Waals surface area contributed by atoms with E-state index in [-0.39, 0.29) is 11.5 Å². The van der Waals surface area contributed by atoms with Crippen molar-refractivity contribution >= 4 is 17.6 Å². The normalized spacial score (nSPS) is 22.8. The summed E-state index contributed by atoms with van der Waals surface area (Å²) in [7, 11) is 3.25. The number of aryl methyl sites for hydroxylation is 2. The summed E-state index contributed by atoms with van der Waals surface area (Å²) < 4.78 is 4.25. The zero-order valence-corrected chi connectivity index (χ0v) is 21.6. The molecule has 2 aromatic heterocycles. The third-order valence-corrected chi connectivity index (χ3v) is 7.63. The monoisotopic (exact) mass is 486 g/mol. The second kappa shape index (κ2) is 11.8. The van der Waals surface area contributed by atoms with Gasteiger partial charge in [0.25, 0.3) is 0 Å². The Labute approximate surface area is 214 Å². The van der Waals surface area contributed by atoms with Gasteiger partial charge in [-0.3, -0.25) is 9.97 Å². The van der Waals surface area contributed by atoms with Crippen LogP contribution in [0.5, 0.6) is 0 Å². The molecule has 6 heteroatoms.